The van der Waals surface area contributed by atoms with Gasteiger partial charge < -0.3 is 7.31 Å². The zero-order chi connectivity index (χ0) is 24.8. The van der Waals surface area contributed by atoms with Gasteiger partial charge in [0, 0.05) is 4.43 Å². The predicted octanol–water partition coefficient (Wildman–Crippen LogP) is 7.44. The summed E-state index contributed by atoms with van der Waals surface area (Å²) in [5.41, 5.74) is -0.316. The Balaban J connectivity index is 2.58. The summed E-state index contributed by atoms with van der Waals surface area (Å²) in [5, 5.41) is 0. The van der Waals surface area contributed by atoms with Crippen molar-refractivity contribution < 1.29 is 24.9 Å². The van der Waals surface area contributed by atoms with Crippen LogP contribution in [0, 0.1) is 45.4 Å². The van der Waals surface area contributed by atoms with Crippen LogP contribution in [0.25, 0.3) is 0 Å². The van der Waals surface area contributed by atoms with Crippen LogP contribution in [0.2, 0.25) is 0 Å². The van der Waals surface area contributed by atoms with E-state index in [4.69, 9.17) is 3.79 Å². The Morgan fingerprint density at radius 1 is 0.969 bits per heavy atom. The van der Waals surface area contributed by atoms with Crippen LogP contribution in [0.4, 0.5) is 21.1 Å². The molecular weight excluding hydrogens is 438 g/mol. The summed E-state index contributed by atoms with van der Waals surface area (Å²) in [7, 11) is 0. The van der Waals surface area contributed by atoms with Gasteiger partial charge in [0.1, 0.15) is 0 Å². The van der Waals surface area contributed by atoms with Crippen molar-refractivity contribution in [3.8, 4) is 0 Å². The monoisotopic (exact) mass is 472 g/mol. The molecule has 0 spiro atoms. The number of hydrogen-bond donors (Lipinski definition) is 0. The topological polar surface area (TPSA) is 9.23 Å². The molecule has 2 rings (SSSR count). The normalized spacial score (nSPS) is 19.7. The summed E-state index contributed by atoms with van der Waals surface area (Å²) in [6, 6.07) is 0. The summed E-state index contributed by atoms with van der Waals surface area (Å²) in [6.45, 7) is 17.8. The lowest BCUT2D eigenvalue weighted by Crippen LogP contribution is -2.40. The van der Waals surface area contributed by atoms with Crippen molar-refractivity contribution in [1.29, 1.82) is 0 Å². The van der Waals surface area contributed by atoms with E-state index in [2.05, 4.69) is 27.7 Å². The molecule has 0 amide bonds. The third-order valence-electron chi connectivity index (χ3n) is 6.54. The fourth-order valence-corrected chi connectivity index (χ4v) is 5.25. The zero-order valence-corrected chi connectivity index (χ0v) is 21.7. The van der Waals surface area contributed by atoms with Crippen molar-refractivity contribution in [1.82, 2.24) is 0 Å². The minimum Gasteiger partial charge on any atom is -0.616 e. The Morgan fingerprint density at radius 3 is 1.97 bits per heavy atom. The van der Waals surface area contributed by atoms with Gasteiger partial charge in [-0.25, -0.2) is 17.6 Å². The fraction of sp³-hybridized carbons (Fsp3) is 0.600. The van der Waals surface area contributed by atoms with Gasteiger partial charge in [-0.3, -0.25) is 0 Å². The van der Waals surface area contributed by atoms with Crippen molar-refractivity contribution in [2.24, 2.45) is 22.2 Å². The molecule has 1 unspecified atom stereocenters. The van der Waals surface area contributed by atoms with Crippen LogP contribution in [0.15, 0.2) is 23.5 Å². The first kappa shape index (κ1) is 26.9. The average Bonchev–Trinajstić information content (AvgIpc) is 2.64. The quantitative estimate of drug-likeness (QED) is 0.187. The molecule has 1 aromatic carbocycles. The average molecular weight is 473 g/mol. The molecule has 178 valence electrons. The van der Waals surface area contributed by atoms with E-state index in [1.807, 2.05) is 26.8 Å². The van der Waals surface area contributed by atoms with Crippen LogP contribution < -0.4 is 4.43 Å². The number of allylic oxidation sites excluding steroid dienone is 3. The lowest BCUT2D eigenvalue weighted by molar-refractivity contribution is 0.152. The molecule has 32 heavy (non-hydrogen) atoms. The minimum absolute atomic E-state index is 0.0855. The molecule has 0 radical (unpaired) electrons. The fourth-order valence-electron chi connectivity index (χ4n) is 3.84. The van der Waals surface area contributed by atoms with Crippen LogP contribution >= 0.6 is 0 Å². The van der Waals surface area contributed by atoms with E-state index >= 15 is 3.52 Å². The molecular formula is C25H34AlF5O. The number of benzene rings is 1. The summed E-state index contributed by atoms with van der Waals surface area (Å²) >= 11 is -4.17. The molecule has 0 bridgehead atoms. The SMILES string of the molecule is CC(C)Cc1c(F)c(F)c(F)c(F)[c]1[Al]([F])[O]C1=C(C(C)(C)C)CC(C)(C(C)(C)C)C=C1. The highest BCUT2D eigenvalue weighted by molar-refractivity contribution is 6.61. The molecule has 0 saturated heterocycles. The first-order valence-electron chi connectivity index (χ1n) is 11.0. The van der Waals surface area contributed by atoms with Crippen LogP contribution in [0.5, 0.6) is 0 Å². The zero-order valence-electron chi connectivity index (χ0n) is 20.5. The number of hydrogen-bond acceptors (Lipinski definition) is 1. The molecule has 1 atom stereocenters. The molecule has 0 aliphatic heterocycles. The van der Waals surface area contributed by atoms with E-state index in [0.29, 0.717) is 6.42 Å². The third kappa shape index (κ3) is 5.25. The lowest BCUT2D eigenvalue weighted by Gasteiger charge is -2.45. The van der Waals surface area contributed by atoms with Crippen molar-refractivity contribution >= 4 is 19.4 Å². The van der Waals surface area contributed by atoms with E-state index in [1.54, 1.807) is 19.9 Å². The van der Waals surface area contributed by atoms with E-state index in [1.165, 1.54) is 0 Å². The Morgan fingerprint density at radius 2 is 1.50 bits per heavy atom. The van der Waals surface area contributed by atoms with Gasteiger partial charge in [0.25, 0.3) is 0 Å². The highest BCUT2D eigenvalue weighted by atomic mass is 27.3. The highest BCUT2D eigenvalue weighted by Crippen LogP contribution is 2.51. The second-order valence-corrected chi connectivity index (χ2v) is 12.9. The molecule has 1 aromatic rings. The Bertz CT molecular complexity index is 937. The molecule has 0 N–H and O–H groups in total. The van der Waals surface area contributed by atoms with Gasteiger partial charge in [0.2, 0.25) is 0 Å². The maximum atomic E-state index is 15.5. The molecule has 0 aromatic heterocycles. The summed E-state index contributed by atoms with van der Waals surface area (Å²) in [4.78, 5) is 0. The molecule has 1 aliphatic carbocycles. The second kappa shape index (κ2) is 9.14. The highest BCUT2D eigenvalue weighted by Gasteiger charge is 2.45. The van der Waals surface area contributed by atoms with Gasteiger partial charge in [-0.1, -0.05) is 68.4 Å². The maximum absolute atomic E-state index is 15.5. The van der Waals surface area contributed by atoms with Crippen LogP contribution in [0.1, 0.15) is 74.3 Å². The summed E-state index contributed by atoms with van der Waals surface area (Å²) < 4.78 is 77.4. The van der Waals surface area contributed by atoms with Crippen LogP contribution in [-0.2, 0) is 10.2 Å². The van der Waals surface area contributed by atoms with Crippen LogP contribution in [0.3, 0.4) is 0 Å². The van der Waals surface area contributed by atoms with Gasteiger partial charge in [0.05, 0.1) is 5.76 Å². The number of rotatable bonds is 5. The molecule has 1 nitrogen and oxygen atoms in total. The Labute approximate surface area is 193 Å². The van der Waals surface area contributed by atoms with Gasteiger partial charge in [-0.05, 0) is 52.2 Å². The maximum Gasteiger partial charge on any atom is 0.855 e. The predicted molar refractivity (Wildman–Crippen MR) is 120 cm³/mol. The first-order chi connectivity index (χ1) is 14.4. The lowest BCUT2D eigenvalue weighted by atomic mass is 9.60. The molecule has 7 heteroatoms. The number of halogens is 5. The van der Waals surface area contributed by atoms with Gasteiger partial charge in [-0.15, -0.1) is 0 Å². The Hall–Kier alpha value is -1.32. The van der Waals surface area contributed by atoms with Crippen molar-refractivity contribution in [3.63, 3.8) is 0 Å². The van der Waals surface area contributed by atoms with Crippen LogP contribution in [-0.4, -0.2) is 14.9 Å². The second-order valence-electron chi connectivity index (χ2n) is 11.5. The first-order valence-corrected chi connectivity index (χ1v) is 12.5. The molecule has 0 fully saturated rings. The van der Waals surface area contributed by atoms with Gasteiger partial charge in [-0.2, -0.15) is 0 Å². The van der Waals surface area contributed by atoms with E-state index in [9.17, 15) is 17.6 Å². The van der Waals surface area contributed by atoms with Crippen molar-refractivity contribution in [2.75, 3.05) is 0 Å². The molecule has 1 aliphatic rings. The molecule has 0 saturated carbocycles. The standard InChI is InChI=1S/C15H26O.C10H9F4.Al.FH/c1-13(2,3)11-10-15(7,14(4,5)6)9-8-12(11)16;1-5(2)3-6-4-7(11)9(13)10(14)8(6)12;;/h8-9,16H,10H2,1-7H3;5H,3H2,1-2H3;;1H/q;;+2;/p-2. The van der Waals surface area contributed by atoms with Gasteiger partial charge in [0.15, 0.2) is 23.3 Å². The Kier molecular flexibility index (Phi) is 7.69. The third-order valence-corrected chi connectivity index (χ3v) is 8.05. The summed E-state index contributed by atoms with van der Waals surface area (Å²) in [5.74, 6) is -7.13. The van der Waals surface area contributed by atoms with Crippen molar-refractivity contribution in [2.45, 2.75) is 75.2 Å². The minimum atomic E-state index is -4.17. The smallest absolute Gasteiger partial charge is 0.616 e. The van der Waals surface area contributed by atoms with Gasteiger partial charge >= 0.3 is 14.9 Å². The van der Waals surface area contributed by atoms with E-state index < -0.39 is 48.2 Å². The van der Waals surface area contributed by atoms with E-state index in [-0.39, 0.29) is 34.3 Å². The molecule has 0 heterocycles. The largest absolute Gasteiger partial charge is 0.855 e. The van der Waals surface area contributed by atoms with Crippen molar-refractivity contribution in [3.05, 3.63) is 52.3 Å². The summed E-state index contributed by atoms with van der Waals surface area (Å²) in [6.07, 6.45) is 4.11. The van der Waals surface area contributed by atoms with E-state index in [0.717, 1.165) is 5.57 Å².